The Balaban J connectivity index is 1.92. The van der Waals surface area contributed by atoms with Gasteiger partial charge in [0.25, 0.3) is 5.91 Å². The van der Waals surface area contributed by atoms with E-state index in [4.69, 9.17) is 4.74 Å². The van der Waals surface area contributed by atoms with Gasteiger partial charge in [-0.05, 0) is 55.8 Å². The van der Waals surface area contributed by atoms with Gasteiger partial charge in [-0.15, -0.1) is 0 Å². The first-order valence-electron chi connectivity index (χ1n) is 8.54. The molecule has 0 spiro atoms. The summed E-state index contributed by atoms with van der Waals surface area (Å²) in [5.74, 6) is 0.534. The van der Waals surface area contributed by atoms with Gasteiger partial charge in [0.2, 0.25) is 0 Å². The van der Waals surface area contributed by atoms with Crippen LogP contribution < -0.4 is 15.0 Å². The largest absolute Gasteiger partial charge is 0.497 e. The number of benzene rings is 2. The summed E-state index contributed by atoms with van der Waals surface area (Å²) in [7, 11) is 1.59. The number of carbonyl (C=O) groups excluding carboxylic acids is 1. The van der Waals surface area contributed by atoms with Crippen LogP contribution in [0.4, 0.5) is 5.69 Å². The Labute approximate surface area is 149 Å². The highest BCUT2D eigenvalue weighted by Gasteiger charge is 2.11. The third-order valence-corrected chi connectivity index (χ3v) is 4.21. The first-order chi connectivity index (χ1) is 12.1. The van der Waals surface area contributed by atoms with Gasteiger partial charge in [-0.2, -0.15) is 0 Å². The monoisotopic (exact) mass is 342 g/mol. The van der Waals surface area contributed by atoms with Gasteiger partial charge in [0.05, 0.1) is 13.2 Å². The minimum absolute atomic E-state index is 0.156. The van der Waals surface area contributed by atoms with Crippen molar-refractivity contribution in [1.29, 1.82) is 0 Å². The van der Waals surface area contributed by atoms with Crippen LogP contribution in [0.25, 0.3) is 0 Å². The van der Waals surface area contributed by atoms with Crippen LogP contribution >= 0.6 is 0 Å². The van der Waals surface area contributed by atoms with Crippen molar-refractivity contribution in [2.24, 2.45) is 0 Å². The number of methoxy groups -OCH3 is 1. The summed E-state index contributed by atoms with van der Waals surface area (Å²) in [5, 5.41) is 13.0. The number of nitrogens with one attached hydrogen (secondary N) is 1. The summed E-state index contributed by atoms with van der Waals surface area (Å²) in [6.07, 6.45) is -0.759. The fourth-order valence-corrected chi connectivity index (χ4v) is 2.65. The van der Waals surface area contributed by atoms with E-state index in [9.17, 15) is 9.90 Å². The van der Waals surface area contributed by atoms with Crippen LogP contribution in [0.3, 0.4) is 0 Å². The zero-order valence-electron chi connectivity index (χ0n) is 15.0. The number of aliphatic hydroxyl groups excluding tert-OH is 1. The summed E-state index contributed by atoms with van der Waals surface area (Å²) in [5.41, 5.74) is 2.41. The molecule has 1 atom stereocenters. The molecule has 0 bridgehead atoms. The molecule has 5 nitrogen and oxygen atoms in total. The molecule has 0 radical (unpaired) electrons. The zero-order valence-corrected chi connectivity index (χ0v) is 15.0. The van der Waals surface area contributed by atoms with E-state index in [2.05, 4.69) is 24.1 Å². The van der Waals surface area contributed by atoms with Crippen molar-refractivity contribution in [3.05, 3.63) is 59.7 Å². The van der Waals surface area contributed by atoms with E-state index in [0.717, 1.165) is 30.1 Å². The van der Waals surface area contributed by atoms with Crippen molar-refractivity contribution in [1.82, 2.24) is 5.32 Å². The number of hydrogen-bond donors (Lipinski definition) is 2. The number of carbonyl (C=O) groups is 1. The van der Waals surface area contributed by atoms with Crippen molar-refractivity contribution in [2.45, 2.75) is 20.0 Å². The molecular weight excluding hydrogens is 316 g/mol. The van der Waals surface area contributed by atoms with Crippen molar-refractivity contribution in [3.63, 3.8) is 0 Å². The lowest BCUT2D eigenvalue weighted by molar-refractivity contribution is 0.0916. The molecule has 0 aliphatic heterocycles. The van der Waals surface area contributed by atoms with Crippen LogP contribution in [0.5, 0.6) is 5.75 Å². The SMILES string of the molecule is CCN(CC)c1ccc(C(=O)NCC(O)c2ccc(OC)cc2)cc1. The molecule has 25 heavy (non-hydrogen) atoms. The third kappa shape index (κ3) is 4.97. The highest BCUT2D eigenvalue weighted by molar-refractivity contribution is 5.94. The fraction of sp³-hybridized carbons (Fsp3) is 0.350. The van der Waals surface area contributed by atoms with E-state index in [-0.39, 0.29) is 12.5 Å². The lowest BCUT2D eigenvalue weighted by atomic mass is 10.1. The van der Waals surface area contributed by atoms with Gasteiger partial charge in [-0.1, -0.05) is 12.1 Å². The molecule has 0 heterocycles. The summed E-state index contributed by atoms with van der Waals surface area (Å²) < 4.78 is 5.09. The zero-order chi connectivity index (χ0) is 18.2. The Morgan fingerprint density at radius 2 is 1.68 bits per heavy atom. The fourth-order valence-electron chi connectivity index (χ4n) is 2.65. The standard InChI is InChI=1S/C20H26N2O3/c1-4-22(5-2)17-10-6-16(7-11-17)20(24)21-14-19(23)15-8-12-18(25-3)13-9-15/h6-13,19,23H,4-5,14H2,1-3H3,(H,21,24). The van der Waals surface area contributed by atoms with E-state index in [1.54, 1.807) is 31.4 Å². The predicted octanol–water partition coefficient (Wildman–Crippen LogP) is 3.00. The Morgan fingerprint density at radius 3 is 2.20 bits per heavy atom. The smallest absolute Gasteiger partial charge is 0.251 e. The van der Waals surface area contributed by atoms with Gasteiger partial charge in [0.1, 0.15) is 5.75 Å². The molecule has 134 valence electrons. The van der Waals surface area contributed by atoms with E-state index >= 15 is 0 Å². The Morgan fingerprint density at radius 1 is 1.08 bits per heavy atom. The number of rotatable bonds is 8. The van der Waals surface area contributed by atoms with Gasteiger partial charge >= 0.3 is 0 Å². The Kier molecular flexibility index (Phi) is 6.83. The van der Waals surface area contributed by atoms with Crippen LogP contribution in [0, 0.1) is 0 Å². The molecule has 0 saturated heterocycles. The number of anilines is 1. The van der Waals surface area contributed by atoms with E-state index in [0.29, 0.717) is 5.56 Å². The molecule has 0 aliphatic rings. The van der Waals surface area contributed by atoms with Crippen molar-refractivity contribution in [2.75, 3.05) is 31.6 Å². The normalized spacial score (nSPS) is 11.7. The minimum atomic E-state index is -0.759. The molecule has 2 N–H and O–H groups in total. The van der Waals surface area contributed by atoms with Crippen molar-refractivity contribution >= 4 is 11.6 Å². The maximum atomic E-state index is 12.2. The molecule has 0 saturated carbocycles. The van der Waals surface area contributed by atoms with Gasteiger partial charge in [-0.25, -0.2) is 0 Å². The summed E-state index contributed by atoms with van der Waals surface area (Å²) in [4.78, 5) is 14.5. The first kappa shape index (κ1) is 18.8. The average molecular weight is 342 g/mol. The Bertz CT molecular complexity index is 664. The van der Waals surface area contributed by atoms with E-state index in [1.165, 1.54) is 0 Å². The highest BCUT2D eigenvalue weighted by atomic mass is 16.5. The summed E-state index contributed by atoms with van der Waals surface area (Å²) in [6, 6.07) is 14.6. The van der Waals surface area contributed by atoms with E-state index < -0.39 is 6.10 Å². The molecule has 0 fully saturated rings. The van der Waals surface area contributed by atoms with Crippen LogP contribution in [-0.4, -0.2) is 37.8 Å². The second-order valence-corrected chi connectivity index (χ2v) is 5.72. The quantitative estimate of drug-likeness (QED) is 0.774. The molecule has 1 amide bonds. The molecule has 1 unspecified atom stereocenters. The highest BCUT2D eigenvalue weighted by Crippen LogP contribution is 2.18. The molecule has 0 aliphatic carbocycles. The summed E-state index contributed by atoms with van der Waals surface area (Å²) >= 11 is 0. The van der Waals surface area contributed by atoms with Gasteiger partial charge in [0, 0.05) is 30.9 Å². The molecule has 5 heteroatoms. The average Bonchev–Trinajstić information content (AvgIpc) is 2.67. The second kappa shape index (κ2) is 9.08. The molecule has 2 aromatic rings. The van der Waals surface area contributed by atoms with Crippen LogP contribution in [0.15, 0.2) is 48.5 Å². The summed E-state index contributed by atoms with van der Waals surface area (Å²) in [6.45, 7) is 6.21. The topological polar surface area (TPSA) is 61.8 Å². The van der Waals surface area contributed by atoms with E-state index in [1.807, 2.05) is 24.3 Å². The minimum Gasteiger partial charge on any atom is -0.497 e. The molecule has 2 rings (SSSR count). The predicted molar refractivity (Wildman–Crippen MR) is 100 cm³/mol. The Hall–Kier alpha value is -2.53. The van der Waals surface area contributed by atoms with Crippen LogP contribution in [0.1, 0.15) is 35.9 Å². The number of ether oxygens (including phenoxy) is 1. The van der Waals surface area contributed by atoms with Gasteiger partial charge in [0.15, 0.2) is 0 Å². The van der Waals surface area contributed by atoms with Gasteiger partial charge < -0.3 is 20.1 Å². The van der Waals surface area contributed by atoms with Gasteiger partial charge in [-0.3, -0.25) is 4.79 Å². The third-order valence-electron chi connectivity index (χ3n) is 4.21. The second-order valence-electron chi connectivity index (χ2n) is 5.72. The van der Waals surface area contributed by atoms with Crippen molar-refractivity contribution < 1.29 is 14.6 Å². The molecule has 0 aromatic heterocycles. The number of hydrogen-bond acceptors (Lipinski definition) is 4. The lowest BCUT2D eigenvalue weighted by Gasteiger charge is -2.21. The molecular formula is C20H26N2O3. The lowest BCUT2D eigenvalue weighted by Crippen LogP contribution is -2.28. The number of nitrogens with zero attached hydrogens (tertiary/aromatic N) is 1. The maximum Gasteiger partial charge on any atom is 0.251 e. The maximum absolute atomic E-state index is 12.2. The number of amides is 1. The number of aliphatic hydroxyl groups is 1. The molecule has 2 aromatic carbocycles. The van der Waals surface area contributed by atoms with Crippen LogP contribution in [-0.2, 0) is 0 Å². The first-order valence-corrected chi connectivity index (χ1v) is 8.54. The van der Waals surface area contributed by atoms with Crippen LogP contribution in [0.2, 0.25) is 0 Å². The van der Waals surface area contributed by atoms with Crippen molar-refractivity contribution in [3.8, 4) is 5.75 Å².